The van der Waals surface area contributed by atoms with Gasteiger partial charge in [0.15, 0.2) is 0 Å². The number of amidine groups is 1. The minimum Gasteiger partial charge on any atom is -0.437 e. The molecule has 0 aliphatic heterocycles. The van der Waals surface area contributed by atoms with Gasteiger partial charge in [0, 0.05) is 10.0 Å². The first-order chi connectivity index (χ1) is 8.56. The van der Waals surface area contributed by atoms with Crippen LogP contribution in [-0.2, 0) is 0 Å². The van der Waals surface area contributed by atoms with Crippen LogP contribution in [0.3, 0.4) is 0 Å². The summed E-state index contributed by atoms with van der Waals surface area (Å²) in [5.74, 6) is 0.367. The fourth-order valence-electron chi connectivity index (χ4n) is 1.30. The van der Waals surface area contributed by atoms with Crippen molar-refractivity contribution in [3.63, 3.8) is 0 Å². The van der Waals surface area contributed by atoms with Gasteiger partial charge in [-0.25, -0.2) is 0 Å². The van der Waals surface area contributed by atoms with Crippen molar-refractivity contribution in [1.29, 1.82) is 5.41 Å². The first-order valence-corrected chi connectivity index (χ1v) is 5.62. The second kappa shape index (κ2) is 5.20. The number of nitrogens with two attached hydrogens (primary N) is 1. The third kappa shape index (κ3) is 2.88. The van der Waals surface area contributed by atoms with E-state index in [0.717, 1.165) is 0 Å². The van der Waals surface area contributed by atoms with Crippen molar-refractivity contribution in [1.82, 2.24) is 10.2 Å². The van der Waals surface area contributed by atoms with Crippen LogP contribution in [0.5, 0.6) is 11.6 Å². The Balaban J connectivity index is 2.37. The highest BCUT2D eigenvalue weighted by atomic mass is 35.5. The van der Waals surface area contributed by atoms with Crippen LogP contribution in [0.4, 0.5) is 0 Å². The van der Waals surface area contributed by atoms with Crippen LogP contribution in [0, 0.1) is 5.41 Å². The van der Waals surface area contributed by atoms with E-state index in [1.54, 1.807) is 18.2 Å². The highest BCUT2D eigenvalue weighted by molar-refractivity contribution is 6.34. The average molecular weight is 283 g/mol. The Kier molecular flexibility index (Phi) is 3.64. The Morgan fingerprint density at radius 1 is 1.22 bits per heavy atom. The molecule has 0 atom stereocenters. The minimum absolute atomic E-state index is 0.128. The van der Waals surface area contributed by atoms with Crippen molar-refractivity contribution < 1.29 is 4.74 Å². The number of nitrogens with one attached hydrogen (secondary N) is 1. The van der Waals surface area contributed by atoms with Gasteiger partial charge in [0.05, 0.1) is 11.8 Å². The summed E-state index contributed by atoms with van der Waals surface area (Å²) in [6, 6.07) is 6.27. The van der Waals surface area contributed by atoms with Gasteiger partial charge in [-0.05, 0) is 24.3 Å². The Bertz CT molecular complexity index is 583. The van der Waals surface area contributed by atoms with Gasteiger partial charge < -0.3 is 10.5 Å². The maximum atomic E-state index is 7.40. The Morgan fingerprint density at radius 3 is 2.50 bits per heavy atom. The lowest BCUT2D eigenvalue weighted by molar-refractivity contribution is 0.454. The molecule has 0 unspecified atom stereocenters. The molecule has 0 aliphatic rings. The predicted octanol–water partition coefficient (Wildman–Crippen LogP) is 2.86. The van der Waals surface area contributed by atoms with E-state index in [0.29, 0.717) is 21.4 Å². The maximum absolute atomic E-state index is 7.40. The molecule has 2 aromatic rings. The summed E-state index contributed by atoms with van der Waals surface area (Å²) >= 11 is 11.7. The molecule has 5 nitrogen and oxygen atoms in total. The van der Waals surface area contributed by atoms with Crippen LogP contribution in [0.25, 0.3) is 0 Å². The fraction of sp³-hybridized carbons (Fsp3) is 0. The van der Waals surface area contributed by atoms with Crippen LogP contribution in [0.2, 0.25) is 10.0 Å². The number of nitrogen functional groups attached to an aromatic ring is 1. The molecule has 18 heavy (non-hydrogen) atoms. The van der Waals surface area contributed by atoms with Crippen LogP contribution in [0.15, 0.2) is 30.5 Å². The number of nitrogens with zero attached hydrogens (tertiary/aromatic N) is 2. The molecule has 0 aliphatic carbocycles. The minimum atomic E-state index is -0.159. The van der Waals surface area contributed by atoms with Crippen molar-refractivity contribution in [2.45, 2.75) is 0 Å². The zero-order valence-corrected chi connectivity index (χ0v) is 10.5. The molecule has 3 N–H and O–H groups in total. The van der Waals surface area contributed by atoms with Crippen LogP contribution < -0.4 is 10.5 Å². The van der Waals surface area contributed by atoms with E-state index in [2.05, 4.69) is 10.2 Å². The lowest BCUT2D eigenvalue weighted by atomic mass is 10.3. The molecule has 1 heterocycles. The van der Waals surface area contributed by atoms with E-state index < -0.39 is 0 Å². The number of rotatable bonds is 3. The van der Waals surface area contributed by atoms with E-state index in [1.165, 1.54) is 12.3 Å². The summed E-state index contributed by atoms with van der Waals surface area (Å²) < 4.78 is 5.47. The zero-order valence-electron chi connectivity index (χ0n) is 9.02. The van der Waals surface area contributed by atoms with Gasteiger partial charge in [-0.15, -0.1) is 5.10 Å². The predicted molar refractivity (Wildman–Crippen MR) is 69.6 cm³/mol. The molecule has 0 fully saturated rings. The van der Waals surface area contributed by atoms with Crippen molar-refractivity contribution >= 4 is 29.0 Å². The largest absolute Gasteiger partial charge is 0.437 e. The smallest absolute Gasteiger partial charge is 0.249 e. The summed E-state index contributed by atoms with van der Waals surface area (Å²) in [5.41, 5.74) is 5.76. The van der Waals surface area contributed by atoms with Crippen molar-refractivity contribution in [2.24, 2.45) is 5.73 Å². The molecular formula is C11H8Cl2N4O. The van der Waals surface area contributed by atoms with E-state index >= 15 is 0 Å². The molecule has 0 radical (unpaired) electrons. The molecule has 7 heteroatoms. The molecule has 0 spiro atoms. The third-order valence-corrected chi connectivity index (χ3v) is 2.46. The molecule has 2 rings (SSSR count). The molecule has 92 valence electrons. The number of hydrogen-bond acceptors (Lipinski definition) is 4. The Morgan fingerprint density at radius 2 is 1.89 bits per heavy atom. The topological polar surface area (TPSA) is 84.9 Å². The van der Waals surface area contributed by atoms with Gasteiger partial charge in [-0.3, -0.25) is 5.41 Å². The highest BCUT2D eigenvalue weighted by Crippen LogP contribution is 2.28. The second-order valence-corrected chi connectivity index (χ2v) is 4.24. The summed E-state index contributed by atoms with van der Waals surface area (Å²) in [6.45, 7) is 0. The highest BCUT2D eigenvalue weighted by Gasteiger charge is 2.10. The third-order valence-electron chi connectivity index (χ3n) is 2.03. The van der Waals surface area contributed by atoms with Gasteiger partial charge in [0.1, 0.15) is 11.6 Å². The molecule has 0 saturated heterocycles. The first kappa shape index (κ1) is 12.6. The average Bonchev–Trinajstić information content (AvgIpc) is 2.27. The number of ether oxygens (including phenoxy) is 1. The number of aromatic nitrogens is 2. The number of hydrogen-bond donors (Lipinski definition) is 2. The summed E-state index contributed by atoms with van der Waals surface area (Å²) in [5, 5.41) is 15.7. The Hall–Kier alpha value is -1.85. The van der Waals surface area contributed by atoms with Gasteiger partial charge >= 0.3 is 0 Å². The summed E-state index contributed by atoms with van der Waals surface area (Å²) in [4.78, 5) is 0. The van der Waals surface area contributed by atoms with Crippen molar-refractivity contribution in [2.75, 3.05) is 0 Å². The monoisotopic (exact) mass is 282 g/mol. The van der Waals surface area contributed by atoms with E-state index in [9.17, 15) is 0 Å². The zero-order chi connectivity index (χ0) is 13.1. The van der Waals surface area contributed by atoms with Gasteiger partial charge in [-0.2, -0.15) is 5.10 Å². The summed E-state index contributed by atoms with van der Waals surface area (Å²) in [7, 11) is 0. The molecule has 1 aromatic heterocycles. The summed E-state index contributed by atoms with van der Waals surface area (Å²) in [6.07, 6.45) is 1.43. The van der Waals surface area contributed by atoms with Crippen molar-refractivity contribution in [3.05, 3.63) is 46.1 Å². The SMILES string of the molecule is N=C(N)c1ccnnc1Oc1cc(Cl)cc(Cl)c1. The van der Waals surface area contributed by atoms with E-state index in [-0.39, 0.29) is 11.7 Å². The van der Waals surface area contributed by atoms with E-state index in [1.807, 2.05) is 0 Å². The van der Waals surface area contributed by atoms with Gasteiger partial charge in [0.25, 0.3) is 0 Å². The molecule has 0 saturated carbocycles. The van der Waals surface area contributed by atoms with Crippen LogP contribution in [-0.4, -0.2) is 16.0 Å². The lowest BCUT2D eigenvalue weighted by Gasteiger charge is -2.08. The normalized spacial score (nSPS) is 10.1. The molecule has 1 aromatic carbocycles. The van der Waals surface area contributed by atoms with Crippen LogP contribution in [0.1, 0.15) is 5.56 Å². The maximum Gasteiger partial charge on any atom is 0.249 e. The molecular weight excluding hydrogens is 275 g/mol. The number of halogens is 2. The first-order valence-electron chi connectivity index (χ1n) is 4.86. The standard InChI is InChI=1S/C11H8Cl2N4O/c12-6-3-7(13)5-8(4-6)18-11-9(10(14)15)1-2-16-17-11/h1-5H,(H3,14,15). The second-order valence-electron chi connectivity index (χ2n) is 3.37. The van der Waals surface area contributed by atoms with Gasteiger partial charge in [-0.1, -0.05) is 23.2 Å². The number of benzene rings is 1. The fourth-order valence-corrected chi connectivity index (χ4v) is 1.80. The molecule has 0 bridgehead atoms. The van der Waals surface area contributed by atoms with Crippen LogP contribution >= 0.6 is 23.2 Å². The Labute approximate surface area is 113 Å². The van der Waals surface area contributed by atoms with E-state index in [4.69, 9.17) is 39.1 Å². The van der Waals surface area contributed by atoms with Gasteiger partial charge in [0.2, 0.25) is 5.88 Å². The van der Waals surface area contributed by atoms with Crippen molar-refractivity contribution in [3.8, 4) is 11.6 Å². The quantitative estimate of drug-likeness (QED) is 0.670. The molecule has 0 amide bonds. The lowest BCUT2D eigenvalue weighted by Crippen LogP contribution is -2.13.